The molecule has 30 heavy (non-hydrogen) atoms. The number of alkyl halides is 3. The van der Waals surface area contributed by atoms with Crippen LogP contribution in [0.5, 0.6) is 0 Å². The summed E-state index contributed by atoms with van der Waals surface area (Å²) in [6.45, 7) is 1.45. The van der Waals surface area contributed by atoms with Crippen LogP contribution < -0.4 is 0 Å². The van der Waals surface area contributed by atoms with E-state index in [2.05, 4.69) is 4.98 Å². The molecule has 0 radical (unpaired) electrons. The van der Waals surface area contributed by atoms with Crippen LogP contribution in [0.1, 0.15) is 57.7 Å². The number of ketones is 1. The van der Waals surface area contributed by atoms with Gasteiger partial charge in [-0.1, -0.05) is 25.0 Å². The first kappa shape index (κ1) is 20.1. The monoisotopic (exact) mass is 415 g/mol. The van der Waals surface area contributed by atoms with E-state index in [1.165, 1.54) is 24.4 Å². The van der Waals surface area contributed by atoms with Crippen molar-refractivity contribution in [3.63, 3.8) is 0 Å². The molecule has 0 unspecified atom stereocenters. The number of carbonyl (C=O) groups is 2. The van der Waals surface area contributed by atoms with Crippen LogP contribution in [0.15, 0.2) is 48.8 Å². The lowest BCUT2D eigenvalue weighted by molar-refractivity contribution is -0.137. The van der Waals surface area contributed by atoms with E-state index in [4.69, 9.17) is 0 Å². The third-order valence-electron chi connectivity index (χ3n) is 5.35. The minimum absolute atomic E-state index is 0.0303. The lowest BCUT2D eigenvalue weighted by atomic mass is 10.1. The second-order valence-corrected chi connectivity index (χ2v) is 7.40. The number of nitrogens with zero attached hydrogens (tertiary/aromatic N) is 3. The van der Waals surface area contributed by atoms with Crippen molar-refractivity contribution in [2.24, 2.45) is 0 Å². The number of hydrogen-bond acceptors (Lipinski definition) is 3. The molecule has 1 fully saturated rings. The van der Waals surface area contributed by atoms with E-state index in [0.29, 0.717) is 5.56 Å². The highest BCUT2D eigenvalue weighted by molar-refractivity contribution is 6.08. The summed E-state index contributed by atoms with van der Waals surface area (Å²) in [6, 6.07) is 8.39. The van der Waals surface area contributed by atoms with E-state index < -0.39 is 17.5 Å². The maximum absolute atomic E-state index is 13.0. The van der Waals surface area contributed by atoms with E-state index in [1.54, 1.807) is 12.1 Å². The van der Waals surface area contributed by atoms with Crippen molar-refractivity contribution in [1.29, 1.82) is 0 Å². The van der Waals surface area contributed by atoms with Gasteiger partial charge in [0.05, 0.1) is 11.8 Å². The predicted octanol–water partition coefficient (Wildman–Crippen LogP) is 4.60. The Morgan fingerprint density at radius 2 is 1.50 bits per heavy atom. The Hall–Kier alpha value is -3.16. The second kappa shape index (κ2) is 7.93. The Morgan fingerprint density at radius 1 is 0.867 bits per heavy atom. The maximum atomic E-state index is 13.0. The summed E-state index contributed by atoms with van der Waals surface area (Å²) >= 11 is 0. The van der Waals surface area contributed by atoms with E-state index in [0.717, 1.165) is 55.4 Å². The molecule has 3 aromatic rings. The molecule has 156 valence electrons. The molecular formula is C22H20F3N3O2. The highest BCUT2D eigenvalue weighted by atomic mass is 19.4. The number of benzene rings is 1. The number of likely N-dealkylation sites (tertiary alicyclic amines) is 1. The summed E-state index contributed by atoms with van der Waals surface area (Å²) in [5, 5.41) is 0. The van der Waals surface area contributed by atoms with Crippen molar-refractivity contribution in [3.8, 4) is 0 Å². The van der Waals surface area contributed by atoms with Crippen LogP contribution in [0.2, 0.25) is 0 Å². The standard InChI is InChI=1S/C22H20F3N3O2/c23-22(24,25)17-9-10-19-26-13-18(28(19)14-17)20(29)15-5-7-16(8-6-15)21(30)27-11-3-1-2-4-12-27/h5-10,13-14H,1-4,11-12H2. The van der Waals surface area contributed by atoms with Gasteiger partial charge in [0.2, 0.25) is 5.78 Å². The zero-order valence-electron chi connectivity index (χ0n) is 16.2. The molecule has 1 aromatic carbocycles. The minimum atomic E-state index is -4.52. The van der Waals surface area contributed by atoms with E-state index in [1.807, 2.05) is 4.90 Å². The number of carbonyl (C=O) groups excluding carboxylic acids is 2. The van der Waals surface area contributed by atoms with Gasteiger partial charge >= 0.3 is 6.18 Å². The number of halogens is 3. The molecule has 0 atom stereocenters. The van der Waals surface area contributed by atoms with Crippen LogP contribution in [-0.2, 0) is 6.18 Å². The first-order valence-corrected chi connectivity index (χ1v) is 9.83. The van der Waals surface area contributed by atoms with E-state index in [9.17, 15) is 22.8 Å². The normalized spacial score (nSPS) is 15.2. The Labute approximate surface area is 171 Å². The highest BCUT2D eigenvalue weighted by Crippen LogP contribution is 2.29. The van der Waals surface area contributed by atoms with Crippen molar-refractivity contribution in [2.75, 3.05) is 13.1 Å². The summed E-state index contributed by atoms with van der Waals surface area (Å²) in [6.07, 6.45) is 1.81. The van der Waals surface area contributed by atoms with Gasteiger partial charge in [-0.15, -0.1) is 0 Å². The molecular weight excluding hydrogens is 395 g/mol. The SMILES string of the molecule is O=C(c1ccc(C(=O)N2CCCCCC2)cc1)c1cnc2ccc(C(F)(F)F)cn12. The van der Waals surface area contributed by atoms with Gasteiger partial charge in [0.25, 0.3) is 5.91 Å². The summed E-state index contributed by atoms with van der Waals surface area (Å²) in [7, 11) is 0. The molecule has 1 aliphatic rings. The lowest BCUT2D eigenvalue weighted by Crippen LogP contribution is -2.31. The molecule has 0 aliphatic carbocycles. The van der Waals surface area contributed by atoms with E-state index in [-0.39, 0.29) is 22.8 Å². The first-order valence-electron chi connectivity index (χ1n) is 9.83. The van der Waals surface area contributed by atoms with Crippen molar-refractivity contribution < 1.29 is 22.8 Å². The predicted molar refractivity (Wildman–Crippen MR) is 104 cm³/mol. The average Bonchev–Trinajstić information content (AvgIpc) is 2.97. The maximum Gasteiger partial charge on any atom is 0.417 e. The second-order valence-electron chi connectivity index (χ2n) is 7.40. The molecule has 8 heteroatoms. The Kier molecular flexibility index (Phi) is 5.32. The molecule has 0 N–H and O–H groups in total. The van der Waals surface area contributed by atoms with Gasteiger partial charge in [0.1, 0.15) is 11.3 Å². The fourth-order valence-electron chi connectivity index (χ4n) is 3.68. The van der Waals surface area contributed by atoms with Crippen LogP contribution in [0.3, 0.4) is 0 Å². The van der Waals surface area contributed by atoms with Gasteiger partial charge in [-0.2, -0.15) is 13.2 Å². The summed E-state index contributed by atoms with van der Waals surface area (Å²) in [5.41, 5.74) is 0.190. The third-order valence-corrected chi connectivity index (χ3v) is 5.35. The Balaban J connectivity index is 1.59. The summed E-state index contributed by atoms with van der Waals surface area (Å²) in [4.78, 5) is 31.4. The fraction of sp³-hybridized carbons (Fsp3) is 0.318. The molecule has 1 aliphatic heterocycles. The Morgan fingerprint density at radius 3 is 2.13 bits per heavy atom. The van der Waals surface area contributed by atoms with Crippen molar-refractivity contribution in [2.45, 2.75) is 31.9 Å². The van der Waals surface area contributed by atoms with Crippen molar-refractivity contribution in [3.05, 3.63) is 71.2 Å². The number of amides is 1. The summed E-state index contributed by atoms with van der Waals surface area (Å²) < 4.78 is 40.2. The molecule has 0 saturated carbocycles. The largest absolute Gasteiger partial charge is 0.417 e. The van der Waals surface area contributed by atoms with Crippen LogP contribution >= 0.6 is 0 Å². The van der Waals surface area contributed by atoms with Gasteiger partial charge in [0, 0.05) is 30.4 Å². The molecule has 5 nitrogen and oxygen atoms in total. The number of rotatable bonds is 3. The van der Waals surface area contributed by atoms with Crippen LogP contribution in [-0.4, -0.2) is 39.1 Å². The molecule has 0 spiro atoms. The van der Waals surface area contributed by atoms with Gasteiger partial charge in [-0.05, 0) is 37.1 Å². The molecule has 0 bridgehead atoms. The van der Waals surface area contributed by atoms with Gasteiger partial charge in [-0.25, -0.2) is 4.98 Å². The quantitative estimate of drug-likeness (QED) is 0.588. The molecule has 1 amide bonds. The molecule has 1 saturated heterocycles. The number of aromatic nitrogens is 2. The third kappa shape index (κ3) is 3.94. The molecule has 4 rings (SSSR count). The van der Waals surface area contributed by atoms with Crippen LogP contribution in [0, 0.1) is 0 Å². The van der Waals surface area contributed by atoms with Gasteiger partial charge in [0.15, 0.2) is 0 Å². The number of hydrogen-bond donors (Lipinski definition) is 0. The highest BCUT2D eigenvalue weighted by Gasteiger charge is 2.31. The van der Waals surface area contributed by atoms with Gasteiger partial charge < -0.3 is 4.90 Å². The topological polar surface area (TPSA) is 54.7 Å². The fourth-order valence-corrected chi connectivity index (χ4v) is 3.68. The number of imidazole rings is 1. The zero-order chi connectivity index (χ0) is 21.3. The van der Waals surface area contributed by atoms with E-state index >= 15 is 0 Å². The molecule has 2 aromatic heterocycles. The number of fused-ring (bicyclic) bond motifs is 1. The van der Waals surface area contributed by atoms with Crippen LogP contribution in [0.25, 0.3) is 5.65 Å². The van der Waals surface area contributed by atoms with Crippen molar-refractivity contribution >= 4 is 17.3 Å². The van der Waals surface area contributed by atoms with Crippen molar-refractivity contribution in [1.82, 2.24) is 14.3 Å². The average molecular weight is 415 g/mol. The minimum Gasteiger partial charge on any atom is -0.339 e. The van der Waals surface area contributed by atoms with Gasteiger partial charge in [-0.3, -0.25) is 14.0 Å². The smallest absolute Gasteiger partial charge is 0.339 e. The summed E-state index contributed by atoms with van der Waals surface area (Å²) in [5.74, 6) is -0.531. The van der Waals surface area contributed by atoms with Crippen LogP contribution in [0.4, 0.5) is 13.2 Å². The zero-order valence-corrected chi connectivity index (χ0v) is 16.2. The molecule has 3 heterocycles. The number of pyridine rings is 1. The first-order chi connectivity index (χ1) is 14.3. The Bertz CT molecular complexity index is 1080. The lowest BCUT2D eigenvalue weighted by Gasteiger charge is -2.20.